The van der Waals surface area contributed by atoms with E-state index in [1.54, 1.807) is 12.2 Å². The number of fused-ring (bicyclic) bond motifs is 3. The Hall–Kier alpha value is -3.79. The molecule has 34 heavy (non-hydrogen) atoms. The number of benzene rings is 1. The number of hydrogen-bond donors (Lipinski definition) is 0. The first-order valence-corrected chi connectivity index (χ1v) is 11.6. The summed E-state index contributed by atoms with van der Waals surface area (Å²) in [7, 11) is 0. The summed E-state index contributed by atoms with van der Waals surface area (Å²) in [5.74, 6) is -0.617. The Morgan fingerprint density at radius 1 is 0.971 bits per heavy atom. The van der Waals surface area contributed by atoms with Crippen molar-refractivity contribution < 1.29 is 19.0 Å². The Labute approximate surface area is 195 Å². The second-order valence-corrected chi connectivity index (χ2v) is 8.79. The lowest BCUT2D eigenvalue weighted by Gasteiger charge is -2.33. The Kier molecular flexibility index (Phi) is 5.02. The summed E-state index contributed by atoms with van der Waals surface area (Å²) < 4.78 is 7.18. The number of para-hydroxylation sites is 2. The maximum atomic E-state index is 13.0. The van der Waals surface area contributed by atoms with Gasteiger partial charge in [0, 0.05) is 53.9 Å². The zero-order valence-electron chi connectivity index (χ0n) is 18.6. The van der Waals surface area contributed by atoms with Crippen molar-refractivity contribution >= 4 is 28.7 Å². The Morgan fingerprint density at radius 3 is 2.47 bits per heavy atom. The molecule has 3 aromatic rings. The summed E-state index contributed by atoms with van der Waals surface area (Å²) in [6.45, 7) is 4.37. The third-order valence-electron chi connectivity index (χ3n) is 6.72. The highest BCUT2D eigenvalue weighted by Crippen LogP contribution is 2.31. The van der Waals surface area contributed by atoms with Gasteiger partial charge >= 0.3 is 0 Å². The van der Waals surface area contributed by atoms with Crippen molar-refractivity contribution in [1.29, 1.82) is 0 Å². The van der Waals surface area contributed by atoms with E-state index in [9.17, 15) is 14.8 Å². The van der Waals surface area contributed by atoms with Crippen molar-refractivity contribution in [2.24, 2.45) is 0 Å². The molecule has 1 aromatic carbocycles. The summed E-state index contributed by atoms with van der Waals surface area (Å²) in [4.78, 5) is 35.2. The first-order valence-electron chi connectivity index (χ1n) is 11.6. The number of carbonyl (C=O) groups excluding carboxylic acids is 2. The second kappa shape index (κ2) is 8.21. The number of hydrogen-bond acceptors (Lipinski definition) is 8. The molecule has 0 amide bonds. The number of piperazine rings is 1. The molecular formula is C24H24N6O4. The van der Waals surface area contributed by atoms with E-state index in [4.69, 9.17) is 4.42 Å². The van der Waals surface area contributed by atoms with E-state index < -0.39 is 0 Å². The molecule has 3 heterocycles. The van der Waals surface area contributed by atoms with Crippen LogP contribution in [0, 0.1) is 5.21 Å². The SMILES string of the molecule is O=C1C2=CCCC=C2C(=O)c2c1n[n+]([O-])n2CCCN1CCN(c2nc3ccccc3o2)CC1. The molecule has 1 saturated heterocycles. The van der Waals surface area contributed by atoms with Crippen molar-refractivity contribution in [1.82, 2.24) is 19.7 Å². The maximum Gasteiger partial charge on any atom is 0.298 e. The van der Waals surface area contributed by atoms with Crippen LogP contribution in [-0.2, 0) is 6.54 Å². The molecule has 0 N–H and O–H groups in total. The molecule has 0 bridgehead atoms. The number of ketones is 2. The lowest BCUT2D eigenvalue weighted by molar-refractivity contribution is -0.749. The number of allylic oxidation sites excluding steroid dienone is 4. The van der Waals surface area contributed by atoms with Gasteiger partial charge in [-0.2, -0.15) is 4.98 Å². The summed E-state index contributed by atoms with van der Waals surface area (Å²) in [5.41, 5.74) is 2.51. The van der Waals surface area contributed by atoms with Gasteiger partial charge in [0.1, 0.15) is 5.52 Å². The maximum absolute atomic E-state index is 13.0. The lowest BCUT2D eigenvalue weighted by Crippen LogP contribution is -2.47. The van der Waals surface area contributed by atoms with Crippen LogP contribution in [0.4, 0.5) is 6.01 Å². The van der Waals surface area contributed by atoms with Gasteiger partial charge in [0.2, 0.25) is 17.3 Å². The van der Waals surface area contributed by atoms with E-state index in [1.165, 1.54) is 4.68 Å². The highest BCUT2D eigenvalue weighted by atomic mass is 16.5. The normalized spacial score (nSPS) is 18.6. The van der Waals surface area contributed by atoms with E-state index in [0.717, 1.165) is 43.8 Å². The van der Waals surface area contributed by atoms with Crippen LogP contribution >= 0.6 is 0 Å². The van der Waals surface area contributed by atoms with Gasteiger partial charge in [0.15, 0.2) is 11.3 Å². The number of rotatable bonds is 5. The van der Waals surface area contributed by atoms with Crippen molar-refractivity contribution in [3.8, 4) is 0 Å². The largest absolute Gasteiger partial charge is 0.571 e. The molecular weight excluding hydrogens is 436 g/mol. The standard InChI is InChI=1S/C24H24N6O4/c31-22-16-6-1-2-7-17(16)23(32)21-20(22)26-30(33)29(21)11-5-10-27-12-14-28(15-13-27)24-25-18-8-3-4-9-19(18)34-24/h3-4,6-9H,1-2,5,10-15H2. The van der Waals surface area contributed by atoms with Crippen LogP contribution in [0.15, 0.2) is 52.0 Å². The molecule has 2 aliphatic carbocycles. The Morgan fingerprint density at radius 2 is 1.71 bits per heavy atom. The minimum absolute atomic E-state index is 0.0303. The third-order valence-corrected chi connectivity index (χ3v) is 6.72. The third kappa shape index (κ3) is 3.41. The smallest absolute Gasteiger partial charge is 0.298 e. The molecule has 0 radical (unpaired) electrons. The molecule has 10 nitrogen and oxygen atoms in total. The highest BCUT2D eigenvalue weighted by Gasteiger charge is 2.41. The molecule has 0 unspecified atom stereocenters. The predicted molar refractivity (Wildman–Crippen MR) is 123 cm³/mol. The van der Waals surface area contributed by atoms with Crippen LogP contribution in [0.3, 0.4) is 0 Å². The van der Waals surface area contributed by atoms with Gasteiger partial charge in [-0.3, -0.25) is 14.5 Å². The first kappa shape index (κ1) is 20.8. The Balaban J connectivity index is 1.09. The van der Waals surface area contributed by atoms with E-state index >= 15 is 0 Å². The Bertz CT molecular complexity index is 1330. The first-order chi connectivity index (χ1) is 16.6. The summed E-state index contributed by atoms with van der Waals surface area (Å²) in [6.07, 6.45) is 5.66. The number of anilines is 1. The fraction of sp³-hybridized carbons (Fsp3) is 0.375. The van der Waals surface area contributed by atoms with Gasteiger partial charge in [0.05, 0.1) is 6.54 Å². The van der Waals surface area contributed by atoms with Gasteiger partial charge in [-0.15, -0.1) is 4.68 Å². The van der Waals surface area contributed by atoms with Gasteiger partial charge in [0.25, 0.3) is 6.01 Å². The molecule has 6 rings (SSSR count). The summed E-state index contributed by atoms with van der Waals surface area (Å²) >= 11 is 0. The molecule has 1 fully saturated rings. The molecule has 0 atom stereocenters. The number of Topliss-reactive ketones (excluding diaryl/α,β-unsaturated/α-hetero) is 2. The van der Waals surface area contributed by atoms with Gasteiger partial charge < -0.3 is 14.5 Å². The van der Waals surface area contributed by atoms with E-state index in [0.29, 0.717) is 47.9 Å². The quantitative estimate of drug-likeness (QED) is 0.419. The number of nitrogens with zero attached hydrogens (tertiary/aromatic N) is 6. The zero-order valence-corrected chi connectivity index (χ0v) is 18.6. The van der Waals surface area contributed by atoms with E-state index in [-0.39, 0.29) is 23.0 Å². The minimum atomic E-state index is -0.334. The van der Waals surface area contributed by atoms with Crippen molar-refractivity contribution in [3.63, 3.8) is 0 Å². The number of aromatic nitrogens is 4. The van der Waals surface area contributed by atoms with Gasteiger partial charge in [-0.05, 0) is 31.4 Å². The average molecular weight is 460 g/mol. The molecule has 0 saturated carbocycles. The van der Waals surface area contributed by atoms with Gasteiger partial charge in [-0.1, -0.05) is 24.3 Å². The van der Waals surface area contributed by atoms with Crippen LogP contribution in [-0.4, -0.2) is 64.0 Å². The monoisotopic (exact) mass is 460 g/mol. The van der Waals surface area contributed by atoms with Crippen LogP contribution in [0.25, 0.3) is 11.1 Å². The van der Waals surface area contributed by atoms with Crippen molar-refractivity contribution in [2.45, 2.75) is 25.8 Å². The van der Waals surface area contributed by atoms with Crippen LogP contribution in [0.2, 0.25) is 0 Å². The fourth-order valence-corrected chi connectivity index (χ4v) is 4.93. The molecule has 10 heteroatoms. The number of oxazole rings is 1. The molecule has 0 spiro atoms. The zero-order chi connectivity index (χ0) is 23.2. The van der Waals surface area contributed by atoms with Gasteiger partial charge in [-0.25, -0.2) is 0 Å². The molecule has 3 aliphatic rings. The van der Waals surface area contributed by atoms with Crippen molar-refractivity contribution in [2.75, 3.05) is 37.6 Å². The topological polar surface area (TPSA) is 111 Å². The average Bonchev–Trinajstić information content (AvgIpc) is 3.44. The second-order valence-electron chi connectivity index (χ2n) is 8.79. The predicted octanol–water partition coefficient (Wildman–Crippen LogP) is 1.90. The minimum Gasteiger partial charge on any atom is -0.571 e. The molecule has 1 aliphatic heterocycles. The van der Waals surface area contributed by atoms with E-state index in [2.05, 4.69) is 19.9 Å². The fourth-order valence-electron chi connectivity index (χ4n) is 4.93. The van der Waals surface area contributed by atoms with Crippen molar-refractivity contribution in [3.05, 3.63) is 64.2 Å². The number of carbonyl (C=O) groups is 2. The van der Waals surface area contributed by atoms with E-state index in [1.807, 2.05) is 24.3 Å². The highest BCUT2D eigenvalue weighted by molar-refractivity contribution is 6.29. The summed E-state index contributed by atoms with van der Waals surface area (Å²) in [5, 5.41) is 16.3. The lowest BCUT2D eigenvalue weighted by atomic mass is 9.84. The van der Waals surface area contributed by atoms with Crippen LogP contribution in [0.5, 0.6) is 0 Å². The summed E-state index contributed by atoms with van der Waals surface area (Å²) in [6, 6.07) is 8.38. The molecule has 174 valence electrons. The molecule has 2 aromatic heterocycles. The van der Waals surface area contributed by atoms with Crippen LogP contribution < -0.4 is 9.86 Å². The van der Waals surface area contributed by atoms with Crippen LogP contribution in [0.1, 0.15) is 40.2 Å².